The molecule has 0 aliphatic rings. The predicted molar refractivity (Wildman–Crippen MR) is 75.5 cm³/mol. The van der Waals surface area contributed by atoms with E-state index in [-0.39, 0.29) is 26.4 Å². The van der Waals surface area contributed by atoms with Gasteiger partial charge in [0.15, 0.2) is 0 Å². The number of aliphatic hydroxyl groups is 4. The van der Waals surface area contributed by atoms with Crippen LogP contribution in [0.2, 0.25) is 0 Å². The molecule has 124 valence electrons. The zero-order chi connectivity index (χ0) is 16.1. The highest BCUT2D eigenvalue weighted by Crippen LogP contribution is 1.96. The van der Waals surface area contributed by atoms with Crippen LogP contribution in [0.4, 0.5) is 4.79 Å². The second kappa shape index (κ2) is 26.6. The van der Waals surface area contributed by atoms with E-state index in [1.54, 1.807) is 0 Å². The van der Waals surface area contributed by atoms with Crippen molar-refractivity contribution in [3.8, 4) is 0 Å². The summed E-state index contributed by atoms with van der Waals surface area (Å²) < 4.78 is 8.08. The van der Waals surface area contributed by atoms with Gasteiger partial charge in [-0.2, -0.15) is 0 Å². The van der Waals surface area contributed by atoms with Crippen molar-refractivity contribution in [1.82, 2.24) is 0 Å². The molecule has 0 radical (unpaired) electrons. The molecule has 0 bridgehead atoms. The van der Waals surface area contributed by atoms with Crippen LogP contribution in [0.1, 0.15) is 38.5 Å². The SMILES string of the molecule is COC(=O)OC.OCCCCCCO.OCCCCO. The van der Waals surface area contributed by atoms with Crippen molar-refractivity contribution >= 4 is 6.16 Å². The van der Waals surface area contributed by atoms with Crippen molar-refractivity contribution in [2.24, 2.45) is 0 Å². The van der Waals surface area contributed by atoms with Crippen LogP contribution in [0.5, 0.6) is 0 Å². The topological polar surface area (TPSA) is 116 Å². The van der Waals surface area contributed by atoms with Gasteiger partial charge in [-0.3, -0.25) is 0 Å². The third-order valence-electron chi connectivity index (χ3n) is 1.97. The van der Waals surface area contributed by atoms with E-state index < -0.39 is 6.16 Å². The quantitative estimate of drug-likeness (QED) is 0.384. The van der Waals surface area contributed by atoms with Gasteiger partial charge in [0, 0.05) is 26.4 Å². The first-order valence-electron chi connectivity index (χ1n) is 6.69. The first-order valence-corrected chi connectivity index (χ1v) is 6.69. The van der Waals surface area contributed by atoms with Gasteiger partial charge in [0.25, 0.3) is 0 Å². The Hall–Kier alpha value is -0.890. The van der Waals surface area contributed by atoms with E-state index in [0.29, 0.717) is 0 Å². The third-order valence-corrected chi connectivity index (χ3v) is 1.97. The van der Waals surface area contributed by atoms with Crippen molar-refractivity contribution in [2.75, 3.05) is 40.6 Å². The molecule has 0 unspecified atom stereocenters. The van der Waals surface area contributed by atoms with Crippen molar-refractivity contribution in [3.05, 3.63) is 0 Å². The fourth-order valence-electron chi connectivity index (χ4n) is 0.884. The second-order valence-corrected chi connectivity index (χ2v) is 3.67. The van der Waals surface area contributed by atoms with Gasteiger partial charge in [-0.15, -0.1) is 0 Å². The monoisotopic (exact) mass is 298 g/mol. The van der Waals surface area contributed by atoms with Gasteiger partial charge in [-0.1, -0.05) is 12.8 Å². The van der Waals surface area contributed by atoms with E-state index in [0.717, 1.165) is 38.5 Å². The minimum Gasteiger partial charge on any atom is -0.438 e. The number of rotatable bonds is 8. The van der Waals surface area contributed by atoms with E-state index in [2.05, 4.69) is 9.47 Å². The van der Waals surface area contributed by atoms with Crippen LogP contribution in [-0.2, 0) is 9.47 Å². The predicted octanol–water partition coefficient (Wildman–Crippen LogP) is 0.682. The lowest BCUT2D eigenvalue weighted by Crippen LogP contribution is -1.97. The highest BCUT2D eigenvalue weighted by Gasteiger charge is 1.88. The molecule has 0 saturated heterocycles. The molecule has 0 fully saturated rings. The normalized spacial score (nSPS) is 8.70. The van der Waals surface area contributed by atoms with E-state index in [1.807, 2.05) is 0 Å². The number of methoxy groups -OCH3 is 2. The average Bonchev–Trinajstić information content (AvgIpc) is 2.50. The van der Waals surface area contributed by atoms with E-state index >= 15 is 0 Å². The summed E-state index contributed by atoms with van der Waals surface area (Å²) in [5, 5.41) is 32.8. The van der Waals surface area contributed by atoms with E-state index in [1.165, 1.54) is 14.2 Å². The minimum absolute atomic E-state index is 0.195. The summed E-state index contributed by atoms with van der Waals surface area (Å²) in [6.07, 6.45) is 4.61. The number of unbranched alkanes of at least 4 members (excludes halogenated alkanes) is 4. The van der Waals surface area contributed by atoms with Gasteiger partial charge in [-0.05, 0) is 25.7 Å². The molecule has 0 amide bonds. The molecule has 0 aromatic carbocycles. The Morgan fingerprint density at radius 3 is 1.05 bits per heavy atom. The molecule has 0 atom stereocenters. The van der Waals surface area contributed by atoms with Gasteiger partial charge in [-0.25, -0.2) is 4.79 Å². The molecule has 20 heavy (non-hydrogen) atoms. The van der Waals surface area contributed by atoms with Crippen LogP contribution in [-0.4, -0.2) is 67.2 Å². The van der Waals surface area contributed by atoms with Crippen molar-refractivity contribution in [2.45, 2.75) is 38.5 Å². The molecule has 0 aliphatic heterocycles. The summed E-state index contributed by atoms with van der Waals surface area (Å²) in [4.78, 5) is 9.74. The smallest absolute Gasteiger partial charge is 0.438 e. The summed E-state index contributed by atoms with van der Waals surface area (Å²) in [5.74, 6) is 0. The summed E-state index contributed by atoms with van der Waals surface area (Å²) in [6, 6.07) is 0. The number of hydrogen-bond donors (Lipinski definition) is 4. The number of carbonyl (C=O) groups excluding carboxylic acids is 1. The van der Waals surface area contributed by atoms with Gasteiger partial charge >= 0.3 is 6.16 Å². The Morgan fingerprint density at radius 2 is 0.900 bits per heavy atom. The number of aliphatic hydroxyl groups excluding tert-OH is 4. The lowest BCUT2D eigenvalue weighted by molar-refractivity contribution is 0.0924. The maximum Gasteiger partial charge on any atom is 0.507 e. The van der Waals surface area contributed by atoms with Crippen molar-refractivity contribution in [3.63, 3.8) is 0 Å². The molecule has 0 heterocycles. The second-order valence-electron chi connectivity index (χ2n) is 3.67. The van der Waals surface area contributed by atoms with Crippen LogP contribution in [0.15, 0.2) is 0 Å². The van der Waals surface area contributed by atoms with Crippen LogP contribution in [0.25, 0.3) is 0 Å². The van der Waals surface area contributed by atoms with Crippen LogP contribution in [0.3, 0.4) is 0 Å². The molecular weight excluding hydrogens is 268 g/mol. The lowest BCUT2D eigenvalue weighted by atomic mass is 10.2. The largest absolute Gasteiger partial charge is 0.507 e. The fourth-order valence-corrected chi connectivity index (χ4v) is 0.884. The maximum atomic E-state index is 9.74. The zero-order valence-corrected chi connectivity index (χ0v) is 12.6. The summed E-state index contributed by atoms with van der Waals surface area (Å²) in [6.45, 7) is 0.956. The molecule has 0 spiro atoms. The molecule has 0 saturated carbocycles. The average molecular weight is 298 g/mol. The number of hydrogen-bond acceptors (Lipinski definition) is 7. The summed E-state index contributed by atoms with van der Waals surface area (Å²) in [7, 11) is 2.51. The highest BCUT2D eigenvalue weighted by atomic mass is 16.7. The van der Waals surface area contributed by atoms with Gasteiger partial charge in [0.05, 0.1) is 14.2 Å². The van der Waals surface area contributed by atoms with Gasteiger partial charge < -0.3 is 29.9 Å². The first kappa shape index (κ1) is 24.1. The molecule has 0 rings (SSSR count). The summed E-state index contributed by atoms with van der Waals surface area (Å²) in [5.41, 5.74) is 0. The summed E-state index contributed by atoms with van der Waals surface area (Å²) >= 11 is 0. The van der Waals surface area contributed by atoms with Gasteiger partial charge in [0.2, 0.25) is 0 Å². The third kappa shape index (κ3) is 36.0. The Balaban J connectivity index is -0.000000221. The first-order chi connectivity index (χ1) is 9.64. The molecular formula is C13H30O7. The molecule has 7 nitrogen and oxygen atoms in total. The molecule has 0 aromatic heterocycles. The Bertz CT molecular complexity index is 149. The van der Waals surface area contributed by atoms with Gasteiger partial charge in [0.1, 0.15) is 0 Å². The van der Waals surface area contributed by atoms with Crippen LogP contribution >= 0.6 is 0 Å². The van der Waals surface area contributed by atoms with Crippen LogP contribution < -0.4 is 0 Å². The maximum absolute atomic E-state index is 9.74. The molecule has 7 heteroatoms. The van der Waals surface area contributed by atoms with Crippen molar-refractivity contribution in [1.29, 1.82) is 0 Å². The molecule has 0 aliphatic carbocycles. The lowest BCUT2D eigenvalue weighted by Gasteiger charge is -1.93. The minimum atomic E-state index is -0.657. The molecule has 4 N–H and O–H groups in total. The highest BCUT2D eigenvalue weighted by molar-refractivity contribution is 5.59. The Labute approximate surface area is 121 Å². The van der Waals surface area contributed by atoms with E-state index in [9.17, 15) is 4.79 Å². The Morgan fingerprint density at radius 1 is 0.650 bits per heavy atom. The van der Waals surface area contributed by atoms with E-state index in [4.69, 9.17) is 20.4 Å². The van der Waals surface area contributed by atoms with Crippen LogP contribution in [0, 0.1) is 0 Å². The molecule has 0 aromatic rings. The standard InChI is InChI=1S/C6H14O2.C4H10O2.C3H6O3/c7-5-3-1-2-4-6-8;5-3-1-2-4-6;1-5-3(4)6-2/h7-8H,1-6H2;5-6H,1-4H2;1-2H3. The number of carbonyl (C=O) groups is 1. The van der Waals surface area contributed by atoms with Crippen molar-refractivity contribution < 1.29 is 34.7 Å². The Kier molecular flexibility index (Phi) is 32.2. The fraction of sp³-hybridized carbons (Fsp3) is 0.923. The number of ether oxygens (including phenoxy) is 2. The zero-order valence-electron chi connectivity index (χ0n) is 12.6.